The maximum atomic E-state index is 10.7. The van der Waals surface area contributed by atoms with Gasteiger partial charge in [-0.05, 0) is 54.1 Å². The zero-order chi connectivity index (χ0) is 20.2. The molecule has 0 aliphatic carbocycles. The average molecular weight is 408 g/mol. The highest BCUT2D eigenvalue weighted by atomic mass is 35.5. The van der Waals surface area contributed by atoms with E-state index in [1.165, 1.54) is 12.1 Å². The van der Waals surface area contributed by atoms with Gasteiger partial charge in [0.25, 0.3) is 11.6 Å². The molecule has 7 nitrogen and oxygen atoms in total. The van der Waals surface area contributed by atoms with Crippen LogP contribution in [0.1, 0.15) is 5.56 Å². The predicted molar refractivity (Wildman–Crippen MR) is 108 cm³/mol. The third-order valence-corrected chi connectivity index (χ3v) is 4.43. The molecule has 0 N–H and O–H groups in total. The molecule has 0 spiro atoms. The van der Waals surface area contributed by atoms with Crippen molar-refractivity contribution in [3.63, 3.8) is 0 Å². The van der Waals surface area contributed by atoms with Gasteiger partial charge in [0.1, 0.15) is 12.4 Å². The molecule has 0 aliphatic rings. The Morgan fingerprint density at radius 2 is 1.59 bits per heavy atom. The predicted octanol–water partition coefficient (Wildman–Crippen LogP) is 5.54. The molecule has 0 amide bonds. The zero-order valence-electron chi connectivity index (χ0n) is 15.0. The van der Waals surface area contributed by atoms with Gasteiger partial charge < -0.3 is 9.26 Å². The fourth-order valence-electron chi connectivity index (χ4n) is 2.63. The van der Waals surface area contributed by atoms with E-state index in [4.69, 9.17) is 20.9 Å². The van der Waals surface area contributed by atoms with Crippen molar-refractivity contribution in [2.45, 2.75) is 6.61 Å². The largest absolute Gasteiger partial charge is 0.489 e. The first kappa shape index (κ1) is 18.6. The second-order valence-corrected chi connectivity index (χ2v) is 6.60. The second-order valence-electron chi connectivity index (χ2n) is 6.17. The summed E-state index contributed by atoms with van der Waals surface area (Å²) in [6.07, 6.45) is 0. The monoisotopic (exact) mass is 407 g/mol. The van der Waals surface area contributed by atoms with Gasteiger partial charge in [0.15, 0.2) is 0 Å². The number of ether oxygens (including phenoxy) is 1. The topological polar surface area (TPSA) is 91.3 Å². The lowest BCUT2D eigenvalue weighted by molar-refractivity contribution is -0.384. The van der Waals surface area contributed by atoms with E-state index >= 15 is 0 Å². The number of rotatable bonds is 6. The molecule has 8 heteroatoms. The molecule has 1 heterocycles. The maximum Gasteiger partial charge on any atom is 0.269 e. The number of nitro groups is 1. The zero-order valence-corrected chi connectivity index (χ0v) is 15.7. The molecule has 3 aromatic carbocycles. The Hall–Kier alpha value is -3.71. The summed E-state index contributed by atoms with van der Waals surface area (Å²) in [5.74, 6) is 1.47. The number of hydrogen-bond donors (Lipinski definition) is 0. The van der Waals surface area contributed by atoms with Crippen LogP contribution in [0, 0.1) is 10.1 Å². The van der Waals surface area contributed by atoms with Gasteiger partial charge in [0, 0.05) is 28.3 Å². The summed E-state index contributed by atoms with van der Waals surface area (Å²) in [7, 11) is 0. The van der Waals surface area contributed by atoms with Gasteiger partial charge in [-0.15, -0.1) is 0 Å². The molecule has 4 aromatic rings. The van der Waals surface area contributed by atoms with E-state index in [1.807, 2.05) is 36.4 Å². The molecule has 29 heavy (non-hydrogen) atoms. The molecule has 0 radical (unpaired) electrons. The van der Waals surface area contributed by atoms with Crippen LogP contribution in [0.25, 0.3) is 22.8 Å². The highest BCUT2D eigenvalue weighted by molar-refractivity contribution is 6.30. The minimum absolute atomic E-state index is 0.00822. The molecule has 4 rings (SSSR count). The quantitative estimate of drug-likeness (QED) is 0.307. The van der Waals surface area contributed by atoms with Gasteiger partial charge in [0.2, 0.25) is 5.82 Å². The highest BCUT2D eigenvalue weighted by Gasteiger charge is 2.12. The number of benzene rings is 3. The van der Waals surface area contributed by atoms with Crippen molar-refractivity contribution in [3.05, 3.63) is 93.5 Å². The lowest BCUT2D eigenvalue weighted by Crippen LogP contribution is -1.95. The van der Waals surface area contributed by atoms with Gasteiger partial charge in [-0.2, -0.15) is 4.98 Å². The molecule has 1 aromatic heterocycles. The Kier molecular flexibility index (Phi) is 5.22. The lowest BCUT2D eigenvalue weighted by Gasteiger charge is -2.06. The van der Waals surface area contributed by atoms with Gasteiger partial charge in [-0.1, -0.05) is 28.9 Å². The molecule has 144 valence electrons. The molecule has 0 saturated heterocycles. The minimum atomic E-state index is -0.455. The van der Waals surface area contributed by atoms with E-state index in [2.05, 4.69) is 10.1 Å². The third kappa shape index (κ3) is 4.41. The number of nitrogens with zero attached hydrogens (tertiary/aromatic N) is 3. The Bertz CT molecular complexity index is 1120. The van der Waals surface area contributed by atoms with Crippen molar-refractivity contribution < 1.29 is 14.2 Å². The summed E-state index contributed by atoms with van der Waals surface area (Å²) in [6.45, 7) is 0.416. The van der Waals surface area contributed by atoms with Crippen LogP contribution in [-0.2, 0) is 6.61 Å². The van der Waals surface area contributed by atoms with Gasteiger partial charge in [-0.25, -0.2) is 0 Å². The van der Waals surface area contributed by atoms with Crippen LogP contribution >= 0.6 is 11.6 Å². The van der Waals surface area contributed by atoms with Gasteiger partial charge in [0.05, 0.1) is 4.92 Å². The Balaban J connectivity index is 1.44. The first-order chi connectivity index (χ1) is 14.1. The van der Waals surface area contributed by atoms with E-state index in [1.54, 1.807) is 24.3 Å². The molecule has 0 saturated carbocycles. The molecule has 0 bridgehead atoms. The molecular formula is C21H14ClN3O4. The third-order valence-electron chi connectivity index (χ3n) is 4.18. The Morgan fingerprint density at radius 3 is 2.24 bits per heavy atom. The normalized spacial score (nSPS) is 10.7. The van der Waals surface area contributed by atoms with Crippen molar-refractivity contribution in [2.75, 3.05) is 0 Å². The first-order valence-electron chi connectivity index (χ1n) is 8.65. The van der Waals surface area contributed by atoms with E-state index in [9.17, 15) is 10.1 Å². The van der Waals surface area contributed by atoms with E-state index < -0.39 is 4.92 Å². The Morgan fingerprint density at radius 1 is 0.931 bits per heavy atom. The molecule has 0 aliphatic heterocycles. The van der Waals surface area contributed by atoms with Crippen LogP contribution in [0.3, 0.4) is 0 Å². The molecule has 0 fully saturated rings. The van der Waals surface area contributed by atoms with Gasteiger partial charge in [-0.3, -0.25) is 10.1 Å². The highest BCUT2D eigenvalue weighted by Crippen LogP contribution is 2.24. The van der Waals surface area contributed by atoms with Crippen LogP contribution in [0.15, 0.2) is 77.3 Å². The SMILES string of the molecule is O=[N+]([O-])c1ccc(-c2noc(-c3ccc(COc4ccc(Cl)cc4)cc3)n2)cc1. The van der Waals surface area contributed by atoms with Crippen molar-refractivity contribution in [1.29, 1.82) is 0 Å². The summed E-state index contributed by atoms with van der Waals surface area (Å²) in [5, 5.41) is 15.4. The molecular weight excluding hydrogens is 394 g/mol. The fourth-order valence-corrected chi connectivity index (χ4v) is 2.76. The number of nitro benzene ring substituents is 1. The van der Waals surface area contributed by atoms with Crippen molar-refractivity contribution in [1.82, 2.24) is 10.1 Å². The standard InChI is InChI=1S/C21H14ClN3O4/c22-17-7-11-19(12-8-17)28-13-14-1-3-16(4-2-14)21-23-20(24-29-21)15-5-9-18(10-6-15)25(26)27/h1-12H,13H2. The second kappa shape index (κ2) is 8.12. The summed E-state index contributed by atoms with van der Waals surface area (Å²) in [4.78, 5) is 14.7. The number of aromatic nitrogens is 2. The summed E-state index contributed by atoms with van der Waals surface area (Å²) < 4.78 is 11.0. The summed E-state index contributed by atoms with van der Waals surface area (Å²) in [5.41, 5.74) is 2.40. The fraction of sp³-hybridized carbons (Fsp3) is 0.0476. The van der Waals surface area contributed by atoms with Crippen LogP contribution in [-0.4, -0.2) is 15.1 Å². The van der Waals surface area contributed by atoms with Crippen LogP contribution in [0.5, 0.6) is 5.75 Å². The smallest absolute Gasteiger partial charge is 0.269 e. The van der Waals surface area contributed by atoms with E-state index in [0.29, 0.717) is 28.9 Å². The van der Waals surface area contributed by atoms with Crippen molar-refractivity contribution in [2.24, 2.45) is 0 Å². The van der Waals surface area contributed by atoms with Crippen molar-refractivity contribution in [3.8, 4) is 28.6 Å². The van der Waals surface area contributed by atoms with Crippen LogP contribution in [0.4, 0.5) is 5.69 Å². The van der Waals surface area contributed by atoms with Crippen molar-refractivity contribution >= 4 is 17.3 Å². The first-order valence-corrected chi connectivity index (χ1v) is 9.02. The molecule has 0 unspecified atom stereocenters. The average Bonchev–Trinajstić information content (AvgIpc) is 3.24. The number of halogens is 1. The minimum Gasteiger partial charge on any atom is -0.489 e. The number of non-ortho nitro benzene ring substituents is 1. The maximum absolute atomic E-state index is 10.7. The van der Waals surface area contributed by atoms with Gasteiger partial charge >= 0.3 is 0 Å². The summed E-state index contributed by atoms with van der Waals surface area (Å²) in [6, 6.07) is 20.7. The van der Waals surface area contributed by atoms with Crippen LogP contribution in [0.2, 0.25) is 5.02 Å². The Labute approximate surface area is 170 Å². The number of hydrogen-bond acceptors (Lipinski definition) is 6. The lowest BCUT2D eigenvalue weighted by atomic mass is 10.1. The summed E-state index contributed by atoms with van der Waals surface area (Å²) >= 11 is 5.86. The van der Waals surface area contributed by atoms with E-state index in [-0.39, 0.29) is 5.69 Å². The van der Waals surface area contributed by atoms with Crippen LogP contribution < -0.4 is 4.74 Å². The molecule has 0 atom stereocenters. The van der Waals surface area contributed by atoms with E-state index in [0.717, 1.165) is 16.9 Å².